The molecule has 3 heterocycles. The third-order valence-corrected chi connectivity index (χ3v) is 5.01. The van der Waals surface area contributed by atoms with Gasteiger partial charge in [-0.3, -0.25) is 0 Å². The SMILES string of the molecule is C/C=C\CCN1CCc2ncnc(N3CCN(C)CC3)c2CC1. The van der Waals surface area contributed by atoms with E-state index in [1.807, 2.05) is 0 Å². The van der Waals surface area contributed by atoms with Gasteiger partial charge in [0.1, 0.15) is 12.1 Å². The fourth-order valence-electron chi connectivity index (χ4n) is 3.49. The van der Waals surface area contributed by atoms with Crippen molar-refractivity contribution < 1.29 is 0 Å². The zero-order valence-corrected chi connectivity index (χ0v) is 14.5. The first-order valence-electron chi connectivity index (χ1n) is 8.87. The standard InChI is InChI=1S/C18H29N5/c1-3-4-5-8-22-9-6-16-17(7-10-22)19-15-20-18(16)23-13-11-21(2)12-14-23/h3-4,15H,5-14H2,1-2H3/b4-3-. The monoisotopic (exact) mass is 315 g/mol. The number of hydrogen-bond acceptors (Lipinski definition) is 5. The summed E-state index contributed by atoms with van der Waals surface area (Å²) in [5.41, 5.74) is 2.66. The van der Waals surface area contributed by atoms with Crippen molar-refractivity contribution in [1.82, 2.24) is 19.8 Å². The van der Waals surface area contributed by atoms with Gasteiger partial charge in [-0.25, -0.2) is 9.97 Å². The summed E-state index contributed by atoms with van der Waals surface area (Å²) in [5, 5.41) is 0. The minimum atomic E-state index is 1.05. The Kier molecular flexibility index (Phi) is 5.62. The molecule has 5 nitrogen and oxygen atoms in total. The van der Waals surface area contributed by atoms with Crippen LogP contribution in [0.1, 0.15) is 24.6 Å². The van der Waals surface area contributed by atoms with Crippen molar-refractivity contribution in [1.29, 1.82) is 0 Å². The molecule has 0 atom stereocenters. The lowest BCUT2D eigenvalue weighted by atomic mass is 10.1. The molecule has 1 aromatic heterocycles. The Labute approximate surface area is 140 Å². The highest BCUT2D eigenvalue weighted by molar-refractivity contribution is 5.49. The molecule has 1 fully saturated rings. The van der Waals surface area contributed by atoms with E-state index < -0.39 is 0 Å². The third-order valence-electron chi connectivity index (χ3n) is 5.01. The van der Waals surface area contributed by atoms with Crippen LogP contribution in [0, 0.1) is 0 Å². The summed E-state index contributed by atoms with van der Waals surface area (Å²) in [5.74, 6) is 1.19. The van der Waals surface area contributed by atoms with Gasteiger partial charge in [-0.2, -0.15) is 0 Å². The van der Waals surface area contributed by atoms with Gasteiger partial charge in [-0.1, -0.05) is 12.2 Å². The van der Waals surface area contributed by atoms with Gasteiger partial charge < -0.3 is 14.7 Å². The Hall–Kier alpha value is -1.46. The summed E-state index contributed by atoms with van der Waals surface area (Å²) in [6.45, 7) is 9.87. The Morgan fingerprint density at radius 1 is 1.04 bits per heavy atom. The molecule has 0 unspecified atom stereocenters. The van der Waals surface area contributed by atoms with Crippen LogP contribution in [0.3, 0.4) is 0 Å². The lowest BCUT2D eigenvalue weighted by Gasteiger charge is -2.34. The topological polar surface area (TPSA) is 35.5 Å². The van der Waals surface area contributed by atoms with Crippen LogP contribution in [0.15, 0.2) is 18.5 Å². The summed E-state index contributed by atoms with van der Waals surface area (Å²) < 4.78 is 0. The van der Waals surface area contributed by atoms with Crippen molar-refractivity contribution in [3.05, 3.63) is 29.7 Å². The van der Waals surface area contributed by atoms with Crippen LogP contribution in [0.5, 0.6) is 0 Å². The van der Waals surface area contributed by atoms with Gasteiger partial charge in [0.2, 0.25) is 0 Å². The predicted molar refractivity (Wildman–Crippen MR) is 95.0 cm³/mol. The van der Waals surface area contributed by atoms with Gasteiger partial charge in [0, 0.05) is 57.8 Å². The fourth-order valence-corrected chi connectivity index (χ4v) is 3.49. The van der Waals surface area contributed by atoms with E-state index in [9.17, 15) is 0 Å². The van der Waals surface area contributed by atoms with Crippen molar-refractivity contribution in [2.24, 2.45) is 0 Å². The van der Waals surface area contributed by atoms with Crippen molar-refractivity contribution in [3.8, 4) is 0 Å². The second kappa shape index (κ2) is 7.88. The van der Waals surface area contributed by atoms with Gasteiger partial charge in [0.25, 0.3) is 0 Å². The first-order valence-corrected chi connectivity index (χ1v) is 8.87. The number of fused-ring (bicyclic) bond motifs is 1. The number of rotatable bonds is 4. The maximum atomic E-state index is 4.65. The zero-order chi connectivity index (χ0) is 16.1. The number of likely N-dealkylation sites (N-methyl/N-ethyl adjacent to an activating group) is 1. The van der Waals surface area contributed by atoms with E-state index in [1.165, 1.54) is 17.1 Å². The second-order valence-corrected chi connectivity index (χ2v) is 6.61. The molecule has 2 aliphatic rings. The molecular weight excluding hydrogens is 286 g/mol. The Balaban J connectivity index is 1.70. The molecule has 23 heavy (non-hydrogen) atoms. The normalized spacial score (nSPS) is 20.7. The van der Waals surface area contributed by atoms with Crippen molar-refractivity contribution in [2.45, 2.75) is 26.2 Å². The smallest absolute Gasteiger partial charge is 0.135 e. The zero-order valence-electron chi connectivity index (χ0n) is 14.5. The Morgan fingerprint density at radius 2 is 1.83 bits per heavy atom. The highest BCUT2D eigenvalue weighted by Crippen LogP contribution is 2.24. The number of nitrogens with zero attached hydrogens (tertiary/aromatic N) is 5. The Morgan fingerprint density at radius 3 is 2.61 bits per heavy atom. The van der Waals surface area contributed by atoms with Crippen LogP contribution in [0.25, 0.3) is 0 Å². The van der Waals surface area contributed by atoms with Crippen LogP contribution in [0.4, 0.5) is 5.82 Å². The second-order valence-electron chi connectivity index (χ2n) is 6.61. The van der Waals surface area contributed by atoms with Crippen molar-refractivity contribution in [3.63, 3.8) is 0 Å². The minimum absolute atomic E-state index is 1.05. The molecule has 0 radical (unpaired) electrons. The number of hydrogen-bond donors (Lipinski definition) is 0. The summed E-state index contributed by atoms with van der Waals surface area (Å²) >= 11 is 0. The first kappa shape index (κ1) is 16.4. The molecule has 126 valence electrons. The van der Waals surface area contributed by atoms with E-state index in [0.29, 0.717) is 0 Å². The van der Waals surface area contributed by atoms with E-state index >= 15 is 0 Å². The van der Waals surface area contributed by atoms with E-state index in [4.69, 9.17) is 0 Å². The predicted octanol–water partition coefficient (Wildman–Crippen LogP) is 1.60. The maximum absolute atomic E-state index is 4.65. The van der Waals surface area contributed by atoms with Crippen LogP contribution < -0.4 is 4.90 Å². The highest BCUT2D eigenvalue weighted by Gasteiger charge is 2.23. The maximum Gasteiger partial charge on any atom is 0.135 e. The number of anilines is 1. The molecule has 0 saturated carbocycles. The molecule has 1 saturated heterocycles. The van der Waals surface area contributed by atoms with Gasteiger partial charge in [-0.05, 0) is 26.8 Å². The first-order chi connectivity index (χ1) is 11.3. The molecule has 0 spiro atoms. The van der Waals surface area contributed by atoms with Crippen molar-refractivity contribution in [2.75, 3.05) is 57.8 Å². The largest absolute Gasteiger partial charge is 0.354 e. The molecule has 0 aliphatic carbocycles. The van der Waals surface area contributed by atoms with Crippen LogP contribution in [0.2, 0.25) is 0 Å². The van der Waals surface area contributed by atoms with E-state index in [1.54, 1.807) is 6.33 Å². The van der Waals surface area contributed by atoms with E-state index in [-0.39, 0.29) is 0 Å². The van der Waals surface area contributed by atoms with Crippen LogP contribution in [-0.2, 0) is 12.8 Å². The molecule has 0 bridgehead atoms. The average Bonchev–Trinajstić information content (AvgIpc) is 2.78. The highest BCUT2D eigenvalue weighted by atomic mass is 15.3. The average molecular weight is 315 g/mol. The molecular formula is C18H29N5. The van der Waals surface area contributed by atoms with Crippen LogP contribution >= 0.6 is 0 Å². The summed E-state index contributed by atoms with van der Waals surface area (Å²) in [6, 6.07) is 0. The van der Waals surface area contributed by atoms with E-state index in [0.717, 1.165) is 65.1 Å². The third kappa shape index (κ3) is 4.09. The molecule has 2 aliphatic heterocycles. The number of allylic oxidation sites excluding steroid dienone is 1. The molecule has 5 heteroatoms. The molecule has 1 aromatic rings. The molecule has 0 N–H and O–H groups in total. The van der Waals surface area contributed by atoms with E-state index in [2.05, 4.69) is 50.8 Å². The lowest BCUT2D eigenvalue weighted by Crippen LogP contribution is -2.45. The summed E-state index contributed by atoms with van der Waals surface area (Å²) in [4.78, 5) is 16.6. The van der Waals surface area contributed by atoms with Crippen LogP contribution in [-0.4, -0.2) is 72.6 Å². The summed E-state index contributed by atoms with van der Waals surface area (Å²) in [6.07, 6.45) is 9.44. The quantitative estimate of drug-likeness (QED) is 0.789. The van der Waals surface area contributed by atoms with Gasteiger partial charge in [0.15, 0.2) is 0 Å². The number of aromatic nitrogens is 2. The minimum Gasteiger partial charge on any atom is -0.354 e. The summed E-state index contributed by atoms with van der Waals surface area (Å²) in [7, 11) is 2.19. The van der Waals surface area contributed by atoms with Gasteiger partial charge in [0.05, 0.1) is 5.69 Å². The van der Waals surface area contributed by atoms with Crippen molar-refractivity contribution >= 4 is 5.82 Å². The number of piperazine rings is 1. The molecule has 0 amide bonds. The fraction of sp³-hybridized carbons (Fsp3) is 0.667. The van der Waals surface area contributed by atoms with Gasteiger partial charge >= 0.3 is 0 Å². The molecule has 3 rings (SSSR count). The van der Waals surface area contributed by atoms with Gasteiger partial charge in [-0.15, -0.1) is 0 Å². The lowest BCUT2D eigenvalue weighted by molar-refractivity contribution is 0.292. The molecule has 0 aromatic carbocycles. The Bertz CT molecular complexity index is 534.